The number of amides is 4. The fraction of sp³-hybridized carbons (Fsp3) is 0.314. The van der Waals surface area contributed by atoms with E-state index >= 15 is 0 Å². The van der Waals surface area contributed by atoms with Crippen LogP contribution in [-0.2, 0) is 19.2 Å². The summed E-state index contributed by atoms with van der Waals surface area (Å²) in [6.07, 6.45) is 1.13. The molecule has 0 aromatic heterocycles. The van der Waals surface area contributed by atoms with Crippen molar-refractivity contribution in [3.05, 3.63) is 103 Å². The second kappa shape index (κ2) is 11.8. The predicted octanol–water partition coefficient (Wildman–Crippen LogP) is 5.49. The van der Waals surface area contributed by atoms with Crippen LogP contribution in [0.1, 0.15) is 29.9 Å². The van der Waals surface area contributed by atoms with Crippen LogP contribution < -0.4 is 14.7 Å². The Morgan fingerprint density at radius 1 is 0.885 bits per heavy atom. The summed E-state index contributed by atoms with van der Waals surface area (Å²) in [4.78, 5) is 78.0. The number of nitro groups is 2. The molecule has 6 atom stereocenters. The van der Waals surface area contributed by atoms with Gasteiger partial charge in [0.2, 0.25) is 11.8 Å². The topological polar surface area (TPSA) is 185 Å². The molecule has 0 spiro atoms. The first-order chi connectivity index (χ1) is 24.4. The normalized spacial score (nSPS) is 28.0. The van der Waals surface area contributed by atoms with E-state index in [1.165, 1.54) is 37.2 Å². The van der Waals surface area contributed by atoms with Gasteiger partial charge >= 0.3 is 11.4 Å². The number of allylic oxidation sites excluding steroid dienone is 2. The molecular weight excluding hydrogens is 724 g/mol. The molecule has 17 heteroatoms. The van der Waals surface area contributed by atoms with Crippen molar-refractivity contribution >= 4 is 75.3 Å². The number of hydrogen-bond acceptors (Lipinski definition) is 10. The summed E-state index contributed by atoms with van der Waals surface area (Å²) in [5.41, 5.74) is -1.27. The summed E-state index contributed by atoms with van der Waals surface area (Å²) in [7, 11) is 2.75. The Hall–Kier alpha value is -5.41. The number of carbonyl (C=O) groups is 4. The van der Waals surface area contributed by atoms with Gasteiger partial charge in [0.15, 0.2) is 15.4 Å². The summed E-state index contributed by atoms with van der Waals surface area (Å²) in [6.45, 7) is 1.61. The number of benzene rings is 3. The van der Waals surface area contributed by atoms with E-state index in [0.29, 0.717) is 16.0 Å². The number of nitro benzene ring substituents is 2. The standard InChI is InChI=1S/C35H28Cl2FN5O9/c1-16-5-4-6-22(29(16)44)27-20-11-12-21-26(23(20)15-34(36)32(47)41(33(48)35(27,34)37)18-9-7-17(38)8-10-18)31(46)40(30(21)45)19-13-24(42(49)50)28(39(2)3)25(14-19)43(51)52/h4-11,13-14,21,23,26-27,44H,12,15H2,1-3H3/t21-,23+,26-,27+,34+,35-/m0/s1. The third-order valence-corrected chi connectivity index (χ3v) is 12.0. The summed E-state index contributed by atoms with van der Waals surface area (Å²) in [5.74, 6) is -9.09. The minimum Gasteiger partial charge on any atom is -0.507 e. The number of nitrogens with zero attached hydrogens (tertiary/aromatic N) is 5. The lowest BCUT2D eigenvalue weighted by molar-refractivity contribution is -0.392. The van der Waals surface area contributed by atoms with Gasteiger partial charge in [-0.3, -0.25) is 39.4 Å². The van der Waals surface area contributed by atoms with Crippen LogP contribution >= 0.6 is 23.2 Å². The van der Waals surface area contributed by atoms with Crippen molar-refractivity contribution in [2.24, 2.45) is 17.8 Å². The third-order valence-electron chi connectivity index (χ3n) is 10.6. The molecule has 52 heavy (non-hydrogen) atoms. The molecule has 2 saturated heterocycles. The highest BCUT2D eigenvalue weighted by Crippen LogP contribution is 2.66. The highest BCUT2D eigenvalue weighted by Gasteiger charge is 2.77. The number of carbonyl (C=O) groups excluding carboxylic acids is 4. The van der Waals surface area contributed by atoms with E-state index in [1.807, 2.05) is 0 Å². The van der Waals surface area contributed by atoms with Crippen LogP contribution in [-0.4, -0.2) is 62.4 Å². The maximum atomic E-state index is 14.5. The second-order valence-electron chi connectivity index (χ2n) is 13.5. The summed E-state index contributed by atoms with van der Waals surface area (Å²) < 4.78 is 13.9. The molecule has 2 aliphatic carbocycles. The van der Waals surface area contributed by atoms with Gasteiger partial charge in [0.05, 0.1) is 33.1 Å². The van der Waals surface area contributed by atoms with Crippen LogP contribution in [0, 0.1) is 50.7 Å². The Bertz CT molecular complexity index is 2160. The number of alkyl halides is 2. The number of rotatable bonds is 6. The van der Waals surface area contributed by atoms with Gasteiger partial charge in [-0.1, -0.05) is 29.8 Å². The van der Waals surface area contributed by atoms with E-state index < -0.39 is 90.5 Å². The van der Waals surface area contributed by atoms with Crippen molar-refractivity contribution in [1.82, 2.24) is 0 Å². The fourth-order valence-corrected chi connectivity index (χ4v) is 9.30. The molecule has 4 amide bonds. The van der Waals surface area contributed by atoms with Gasteiger partial charge in [0.1, 0.15) is 11.6 Å². The molecule has 3 aromatic rings. The maximum Gasteiger partial charge on any atom is 0.301 e. The smallest absolute Gasteiger partial charge is 0.301 e. The number of phenolic OH excluding ortho intramolecular Hbond substituents is 1. The molecule has 2 heterocycles. The first kappa shape index (κ1) is 35.0. The van der Waals surface area contributed by atoms with E-state index in [9.17, 15) is 48.9 Å². The molecule has 0 bridgehead atoms. The maximum absolute atomic E-state index is 14.5. The van der Waals surface area contributed by atoms with E-state index in [-0.39, 0.29) is 34.8 Å². The monoisotopic (exact) mass is 751 g/mol. The predicted molar refractivity (Wildman–Crippen MR) is 186 cm³/mol. The van der Waals surface area contributed by atoms with E-state index in [1.54, 1.807) is 25.1 Å². The average Bonchev–Trinajstić information content (AvgIpc) is 3.43. The Morgan fingerprint density at radius 3 is 2.08 bits per heavy atom. The molecule has 3 fully saturated rings. The van der Waals surface area contributed by atoms with E-state index in [4.69, 9.17) is 23.2 Å². The van der Waals surface area contributed by atoms with Crippen LogP contribution in [0.25, 0.3) is 0 Å². The SMILES string of the molecule is Cc1cccc([C@H]2C3=CC[C@@H]4C(=O)N(c5cc([N+](=O)[O-])c(N(C)C)c([N+](=O)[O-])c5)C(=O)[C@@H]4[C@@H]3C[C@@]3(Cl)C(=O)N(c4ccc(F)cc4)C(=O)[C@@]23Cl)c1O. The van der Waals surface area contributed by atoms with Gasteiger partial charge in [-0.15, -0.1) is 23.2 Å². The Kier molecular flexibility index (Phi) is 7.96. The zero-order valence-electron chi connectivity index (χ0n) is 27.6. The lowest BCUT2D eigenvalue weighted by Crippen LogP contribution is -2.60. The number of imide groups is 2. The van der Waals surface area contributed by atoms with E-state index in [0.717, 1.165) is 29.2 Å². The summed E-state index contributed by atoms with van der Waals surface area (Å²) in [5, 5.41) is 35.6. The highest BCUT2D eigenvalue weighted by molar-refractivity contribution is 6.58. The largest absolute Gasteiger partial charge is 0.507 e. The number of aromatic hydroxyl groups is 1. The summed E-state index contributed by atoms with van der Waals surface area (Å²) in [6, 6.07) is 11.1. The molecule has 0 radical (unpaired) electrons. The van der Waals surface area contributed by atoms with Crippen molar-refractivity contribution in [3.8, 4) is 5.75 Å². The lowest BCUT2D eigenvalue weighted by atomic mass is 9.56. The van der Waals surface area contributed by atoms with Gasteiger partial charge < -0.3 is 10.0 Å². The zero-order chi connectivity index (χ0) is 37.8. The molecule has 1 saturated carbocycles. The Morgan fingerprint density at radius 2 is 1.50 bits per heavy atom. The van der Waals surface area contributed by atoms with Crippen LogP contribution in [0.15, 0.2) is 66.2 Å². The van der Waals surface area contributed by atoms with Crippen molar-refractivity contribution in [3.63, 3.8) is 0 Å². The van der Waals surface area contributed by atoms with Crippen LogP contribution in [0.3, 0.4) is 0 Å². The number of para-hydroxylation sites is 1. The first-order valence-corrected chi connectivity index (χ1v) is 16.7. The average molecular weight is 753 g/mol. The molecule has 1 N–H and O–H groups in total. The molecule has 4 aliphatic rings. The first-order valence-electron chi connectivity index (χ1n) is 16.0. The lowest BCUT2D eigenvalue weighted by Gasteiger charge is -2.50. The molecule has 0 unspecified atom stereocenters. The van der Waals surface area contributed by atoms with Gasteiger partial charge in [0.25, 0.3) is 11.8 Å². The van der Waals surface area contributed by atoms with Crippen molar-refractivity contribution in [2.45, 2.75) is 35.4 Å². The molecule has 2 aliphatic heterocycles. The third kappa shape index (κ3) is 4.61. The number of fused-ring (bicyclic) bond motifs is 4. The minimum atomic E-state index is -2.28. The second-order valence-corrected chi connectivity index (χ2v) is 14.8. The molecule has 3 aromatic carbocycles. The molecular formula is C35H28Cl2FN5O9. The number of anilines is 3. The summed E-state index contributed by atoms with van der Waals surface area (Å²) >= 11 is 14.7. The van der Waals surface area contributed by atoms with Crippen LogP contribution in [0.5, 0.6) is 5.75 Å². The quantitative estimate of drug-likeness (QED) is 0.111. The molecule has 7 rings (SSSR count). The van der Waals surface area contributed by atoms with Gasteiger partial charge in [0, 0.05) is 37.7 Å². The van der Waals surface area contributed by atoms with Crippen molar-refractivity contribution in [2.75, 3.05) is 28.8 Å². The number of phenols is 1. The van der Waals surface area contributed by atoms with Crippen LogP contribution in [0.4, 0.5) is 32.8 Å². The Labute approximate surface area is 304 Å². The van der Waals surface area contributed by atoms with Crippen LogP contribution in [0.2, 0.25) is 0 Å². The molecule has 268 valence electrons. The Balaban J connectivity index is 1.40. The number of hydrogen-bond donors (Lipinski definition) is 1. The van der Waals surface area contributed by atoms with Gasteiger partial charge in [-0.25, -0.2) is 14.2 Å². The van der Waals surface area contributed by atoms with Gasteiger partial charge in [-0.05, 0) is 55.5 Å². The van der Waals surface area contributed by atoms with Crippen molar-refractivity contribution in [1.29, 1.82) is 0 Å². The van der Waals surface area contributed by atoms with Crippen molar-refractivity contribution < 1.29 is 38.5 Å². The van der Waals surface area contributed by atoms with Gasteiger partial charge in [-0.2, -0.15) is 0 Å². The number of aryl methyl sites for hydroxylation is 1. The van der Waals surface area contributed by atoms with E-state index in [2.05, 4.69) is 0 Å². The number of halogens is 3. The minimum absolute atomic E-state index is 0.0180. The fourth-order valence-electron chi connectivity index (χ4n) is 8.37. The zero-order valence-corrected chi connectivity index (χ0v) is 29.1. The highest BCUT2D eigenvalue weighted by atomic mass is 35.5. The molecule has 14 nitrogen and oxygen atoms in total.